The highest BCUT2D eigenvalue weighted by Crippen LogP contribution is 2.33. The van der Waals surface area contributed by atoms with E-state index in [1.54, 1.807) is 12.1 Å². The van der Waals surface area contributed by atoms with Gasteiger partial charge >= 0.3 is 0 Å². The number of methoxy groups -OCH3 is 1. The van der Waals surface area contributed by atoms with E-state index in [0.717, 1.165) is 10.4 Å². The van der Waals surface area contributed by atoms with Gasteiger partial charge in [-0.25, -0.2) is 4.39 Å². The molecule has 0 atom stereocenters. The molecule has 0 radical (unpaired) electrons. The van der Waals surface area contributed by atoms with Gasteiger partial charge in [0.2, 0.25) is 0 Å². The molecule has 2 aromatic carbocycles. The largest absolute Gasteiger partial charge is 0.492 e. The Morgan fingerprint density at radius 3 is 2.72 bits per heavy atom. The van der Waals surface area contributed by atoms with Crippen LogP contribution in [0.15, 0.2) is 48.5 Å². The number of thiophene rings is 1. The quantitative estimate of drug-likeness (QED) is 0.649. The molecular formula is C19H18FNO3S. The van der Waals surface area contributed by atoms with Gasteiger partial charge in [0.15, 0.2) is 0 Å². The van der Waals surface area contributed by atoms with E-state index in [-0.39, 0.29) is 18.3 Å². The molecule has 3 aromatic rings. The van der Waals surface area contributed by atoms with Crippen LogP contribution in [-0.4, -0.2) is 26.2 Å². The molecule has 4 nitrogen and oxygen atoms in total. The predicted octanol–water partition coefficient (Wildman–Crippen LogP) is 4.00. The number of carbonyl (C=O) groups is 1. The van der Waals surface area contributed by atoms with Gasteiger partial charge in [0.05, 0.1) is 18.0 Å². The van der Waals surface area contributed by atoms with Crippen molar-refractivity contribution >= 4 is 27.3 Å². The molecule has 0 saturated heterocycles. The number of fused-ring (bicyclic) bond motifs is 1. The zero-order valence-corrected chi connectivity index (χ0v) is 14.6. The Morgan fingerprint density at radius 2 is 1.96 bits per heavy atom. The second-order valence-electron chi connectivity index (χ2n) is 5.37. The smallest absolute Gasteiger partial charge is 0.261 e. The van der Waals surface area contributed by atoms with E-state index >= 15 is 0 Å². The first-order valence-corrected chi connectivity index (χ1v) is 8.67. The molecule has 0 fully saturated rings. The summed E-state index contributed by atoms with van der Waals surface area (Å²) in [5.74, 6) is 0.164. The van der Waals surface area contributed by atoms with Gasteiger partial charge in [0, 0.05) is 22.8 Å². The van der Waals surface area contributed by atoms with Crippen LogP contribution in [-0.2, 0) is 11.3 Å². The van der Waals surface area contributed by atoms with Crippen LogP contribution in [0.1, 0.15) is 15.2 Å². The summed E-state index contributed by atoms with van der Waals surface area (Å²) in [6, 6.07) is 14.2. The summed E-state index contributed by atoms with van der Waals surface area (Å²) in [5.41, 5.74) is 0.585. The summed E-state index contributed by atoms with van der Waals surface area (Å²) in [5, 5.41) is 3.28. The fraction of sp³-hybridized carbons (Fsp3) is 0.211. The molecule has 0 saturated carbocycles. The van der Waals surface area contributed by atoms with Crippen molar-refractivity contribution in [3.05, 3.63) is 64.8 Å². The fourth-order valence-electron chi connectivity index (χ4n) is 2.56. The number of amides is 1. The van der Waals surface area contributed by atoms with Gasteiger partial charge in [-0.2, -0.15) is 0 Å². The Kier molecular flexibility index (Phi) is 5.63. The molecule has 0 aliphatic heterocycles. The number of hydrogen-bond donors (Lipinski definition) is 1. The molecule has 0 unspecified atom stereocenters. The van der Waals surface area contributed by atoms with E-state index in [4.69, 9.17) is 9.47 Å². The average Bonchev–Trinajstić information content (AvgIpc) is 3.00. The molecule has 1 aromatic heterocycles. The molecule has 130 valence electrons. The SMILES string of the molecule is COCc1c(C(=O)NCCOc2ccccc2)sc2cccc(F)c12. The zero-order chi connectivity index (χ0) is 17.6. The number of ether oxygens (including phenoxy) is 2. The standard InChI is InChI=1S/C19H18FNO3S/c1-23-12-14-17-15(20)8-5-9-16(17)25-18(14)19(22)21-10-11-24-13-6-3-2-4-7-13/h2-9H,10-12H2,1H3,(H,21,22). The summed E-state index contributed by atoms with van der Waals surface area (Å²) in [6.07, 6.45) is 0. The number of halogens is 1. The summed E-state index contributed by atoms with van der Waals surface area (Å²) >= 11 is 1.27. The van der Waals surface area contributed by atoms with E-state index in [2.05, 4.69) is 5.32 Å². The Labute approximate surface area is 149 Å². The van der Waals surface area contributed by atoms with Crippen molar-refractivity contribution in [2.24, 2.45) is 0 Å². The van der Waals surface area contributed by atoms with Gasteiger partial charge in [-0.05, 0) is 24.3 Å². The van der Waals surface area contributed by atoms with Gasteiger partial charge in [0.1, 0.15) is 18.2 Å². The van der Waals surface area contributed by atoms with Crippen LogP contribution in [0, 0.1) is 5.82 Å². The van der Waals surface area contributed by atoms with Crippen LogP contribution in [0.4, 0.5) is 4.39 Å². The molecule has 0 aliphatic rings. The van der Waals surface area contributed by atoms with Crippen molar-refractivity contribution < 1.29 is 18.7 Å². The van der Waals surface area contributed by atoms with Crippen molar-refractivity contribution in [1.29, 1.82) is 0 Å². The van der Waals surface area contributed by atoms with Gasteiger partial charge in [0.25, 0.3) is 5.91 Å². The minimum atomic E-state index is -0.340. The number of para-hydroxylation sites is 1. The third-order valence-corrected chi connectivity index (χ3v) is 4.85. The van der Waals surface area contributed by atoms with E-state index < -0.39 is 0 Å². The molecule has 6 heteroatoms. The first-order valence-electron chi connectivity index (χ1n) is 7.85. The van der Waals surface area contributed by atoms with Gasteiger partial charge in [-0.15, -0.1) is 11.3 Å². The maximum absolute atomic E-state index is 14.1. The summed E-state index contributed by atoms with van der Waals surface area (Å²) < 4.78 is 25.6. The van der Waals surface area contributed by atoms with Crippen LogP contribution < -0.4 is 10.1 Å². The average molecular weight is 359 g/mol. The lowest BCUT2D eigenvalue weighted by Crippen LogP contribution is -2.28. The molecule has 25 heavy (non-hydrogen) atoms. The van der Waals surface area contributed by atoms with Gasteiger partial charge in [-0.1, -0.05) is 24.3 Å². The van der Waals surface area contributed by atoms with Crippen LogP contribution >= 0.6 is 11.3 Å². The second kappa shape index (κ2) is 8.09. The highest BCUT2D eigenvalue weighted by atomic mass is 32.1. The normalized spacial score (nSPS) is 10.8. The zero-order valence-electron chi connectivity index (χ0n) is 13.8. The minimum Gasteiger partial charge on any atom is -0.492 e. The second-order valence-corrected chi connectivity index (χ2v) is 6.43. The third-order valence-electron chi connectivity index (χ3n) is 3.66. The van der Waals surface area contributed by atoms with Crippen LogP contribution in [0.2, 0.25) is 0 Å². The molecule has 1 amide bonds. The maximum Gasteiger partial charge on any atom is 0.261 e. The fourth-order valence-corrected chi connectivity index (χ4v) is 3.70. The minimum absolute atomic E-state index is 0.185. The molecule has 1 heterocycles. The van der Waals surface area contributed by atoms with E-state index in [1.165, 1.54) is 24.5 Å². The molecule has 3 rings (SSSR count). The summed E-state index contributed by atoms with van der Waals surface area (Å²) in [4.78, 5) is 13.0. The highest BCUT2D eigenvalue weighted by molar-refractivity contribution is 7.21. The lowest BCUT2D eigenvalue weighted by atomic mass is 10.1. The van der Waals surface area contributed by atoms with Crippen LogP contribution in [0.3, 0.4) is 0 Å². The van der Waals surface area contributed by atoms with Gasteiger partial charge < -0.3 is 14.8 Å². The molecule has 1 N–H and O–H groups in total. The number of carbonyl (C=O) groups excluding carboxylic acids is 1. The predicted molar refractivity (Wildman–Crippen MR) is 96.8 cm³/mol. The summed E-state index contributed by atoms with van der Waals surface area (Å²) in [7, 11) is 1.53. The molecule has 0 spiro atoms. The Bertz CT molecular complexity index is 864. The van der Waals surface area contributed by atoms with Crippen molar-refractivity contribution in [2.75, 3.05) is 20.3 Å². The van der Waals surface area contributed by atoms with Gasteiger partial charge in [-0.3, -0.25) is 4.79 Å². The van der Waals surface area contributed by atoms with E-state index in [9.17, 15) is 9.18 Å². The first-order chi connectivity index (χ1) is 12.2. The van der Waals surface area contributed by atoms with Crippen molar-refractivity contribution in [1.82, 2.24) is 5.32 Å². The first kappa shape index (κ1) is 17.4. The van der Waals surface area contributed by atoms with Crippen molar-refractivity contribution in [3.8, 4) is 5.75 Å². The number of benzene rings is 2. The number of nitrogens with one attached hydrogen (secondary N) is 1. The van der Waals surface area contributed by atoms with E-state index in [1.807, 2.05) is 30.3 Å². The lowest BCUT2D eigenvalue weighted by Gasteiger charge is -2.08. The lowest BCUT2D eigenvalue weighted by molar-refractivity contribution is 0.0947. The van der Waals surface area contributed by atoms with E-state index in [0.29, 0.717) is 29.0 Å². The Hall–Kier alpha value is -2.44. The number of rotatable bonds is 7. The van der Waals surface area contributed by atoms with Crippen molar-refractivity contribution in [3.63, 3.8) is 0 Å². The highest BCUT2D eigenvalue weighted by Gasteiger charge is 2.20. The molecule has 0 bridgehead atoms. The monoisotopic (exact) mass is 359 g/mol. The Morgan fingerprint density at radius 1 is 1.16 bits per heavy atom. The Balaban J connectivity index is 1.69. The van der Waals surface area contributed by atoms with Crippen LogP contribution in [0.25, 0.3) is 10.1 Å². The topological polar surface area (TPSA) is 47.6 Å². The third kappa shape index (κ3) is 3.97. The summed E-state index contributed by atoms with van der Waals surface area (Å²) in [6.45, 7) is 0.899. The molecular weight excluding hydrogens is 341 g/mol. The number of hydrogen-bond acceptors (Lipinski definition) is 4. The maximum atomic E-state index is 14.1. The van der Waals surface area contributed by atoms with Crippen molar-refractivity contribution in [2.45, 2.75) is 6.61 Å². The molecule has 0 aliphatic carbocycles. The van der Waals surface area contributed by atoms with Crippen LogP contribution in [0.5, 0.6) is 5.75 Å².